The van der Waals surface area contributed by atoms with Crippen molar-refractivity contribution in [3.8, 4) is 0 Å². The molecule has 0 N–H and O–H groups in total. The molecule has 4 unspecified atom stereocenters. The van der Waals surface area contributed by atoms with Gasteiger partial charge in [0.15, 0.2) is 0 Å². The molecule has 4 atom stereocenters. The molecule has 2 heteroatoms. The second-order valence-corrected chi connectivity index (χ2v) is 4.16. The highest BCUT2D eigenvalue weighted by molar-refractivity contribution is 5.90. The Labute approximate surface area is 58.5 Å². The molecule has 0 bridgehead atoms. The van der Waals surface area contributed by atoms with E-state index in [9.17, 15) is 4.79 Å². The number of carbonyl (C=O) groups excluding carboxylic acids is 1. The van der Waals surface area contributed by atoms with E-state index >= 15 is 0 Å². The normalized spacial score (nSPS) is 76.3. The third-order valence-electron chi connectivity index (χ3n) is 4.43. The number of carbonyl (C=O) groups is 1. The minimum Gasteiger partial charge on any atom is -0.469 e. The summed E-state index contributed by atoms with van der Waals surface area (Å²) in [4.78, 5) is 11.2. The maximum Gasteiger partial charge on any atom is 0.312 e. The molecule has 0 heterocycles. The van der Waals surface area contributed by atoms with Crippen molar-refractivity contribution in [2.24, 2.45) is 35.0 Å². The van der Waals surface area contributed by atoms with Gasteiger partial charge in [0.2, 0.25) is 0 Å². The molecule has 0 spiro atoms. The number of methoxy groups -OCH3 is 1. The van der Waals surface area contributed by atoms with Crippen LogP contribution in [0.5, 0.6) is 0 Å². The van der Waals surface area contributed by atoms with Crippen molar-refractivity contribution in [2.45, 2.75) is 0 Å². The SMILES string of the molecule is COC(=O)C12C3C4C3C1C42. The quantitative estimate of drug-likeness (QED) is 0.484. The number of esters is 1. The van der Waals surface area contributed by atoms with Gasteiger partial charge in [0.05, 0.1) is 12.5 Å². The van der Waals surface area contributed by atoms with E-state index in [-0.39, 0.29) is 11.4 Å². The first-order chi connectivity index (χ1) is 4.85. The monoisotopic (exact) mass is 136 g/mol. The molecule has 0 aromatic carbocycles. The van der Waals surface area contributed by atoms with E-state index < -0.39 is 0 Å². The number of hydrogen-bond donors (Lipinski definition) is 0. The van der Waals surface area contributed by atoms with Gasteiger partial charge in [-0.1, -0.05) is 0 Å². The number of hydrogen-bond acceptors (Lipinski definition) is 2. The van der Waals surface area contributed by atoms with E-state index in [1.54, 1.807) is 0 Å². The maximum absolute atomic E-state index is 11.2. The summed E-state index contributed by atoms with van der Waals surface area (Å²) in [5.74, 6) is 4.48. The third kappa shape index (κ3) is 0.151. The van der Waals surface area contributed by atoms with E-state index in [2.05, 4.69) is 0 Å². The summed E-state index contributed by atoms with van der Waals surface area (Å²) < 4.78 is 4.77. The van der Waals surface area contributed by atoms with Crippen molar-refractivity contribution in [3.05, 3.63) is 0 Å². The Bertz CT molecular complexity index is 241. The molecular formula is C8H8O2. The van der Waals surface area contributed by atoms with Crippen LogP contribution in [0.2, 0.25) is 0 Å². The topological polar surface area (TPSA) is 26.3 Å². The molecule has 5 rings (SSSR count). The highest BCUT2D eigenvalue weighted by Crippen LogP contribution is 3.07. The van der Waals surface area contributed by atoms with Gasteiger partial charge in [-0.2, -0.15) is 0 Å². The lowest BCUT2D eigenvalue weighted by Crippen LogP contribution is -2.32. The van der Waals surface area contributed by atoms with Crippen LogP contribution >= 0.6 is 0 Å². The fourth-order valence-electron chi connectivity index (χ4n) is 4.15. The van der Waals surface area contributed by atoms with Crippen molar-refractivity contribution in [2.75, 3.05) is 7.11 Å². The molecule has 5 aliphatic carbocycles. The first-order valence-corrected chi connectivity index (χ1v) is 3.93. The molecule has 0 aromatic heterocycles. The number of ether oxygens (including phenoxy) is 1. The van der Waals surface area contributed by atoms with E-state index in [1.807, 2.05) is 0 Å². The Hall–Kier alpha value is -0.530. The molecule has 0 saturated heterocycles. The Morgan fingerprint density at radius 2 is 1.90 bits per heavy atom. The molecule has 0 aliphatic heterocycles. The average Bonchev–Trinajstić information content (AvgIpc) is 2.36. The van der Waals surface area contributed by atoms with Gasteiger partial charge in [0.25, 0.3) is 0 Å². The predicted octanol–water partition coefficient (Wildman–Crippen LogP) is 0.281. The Morgan fingerprint density at radius 1 is 1.30 bits per heavy atom. The molecule has 5 saturated carbocycles. The van der Waals surface area contributed by atoms with Crippen molar-refractivity contribution >= 4 is 5.97 Å². The Kier molecular flexibility index (Phi) is 0.345. The third-order valence-corrected chi connectivity index (χ3v) is 4.43. The lowest BCUT2D eigenvalue weighted by molar-refractivity contribution is -0.153. The summed E-state index contributed by atoms with van der Waals surface area (Å²) in [6, 6.07) is 0. The first-order valence-electron chi connectivity index (χ1n) is 3.93. The van der Waals surface area contributed by atoms with Crippen molar-refractivity contribution in [1.82, 2.24) is 0 Å². The summed E-state index contributed by atoms with van der Waals surface area (Å²) >= 11 is 0. The van der Waals surface area contributed by atoms with Gasteiger partial charge in [0.1, 0.15) is 0 Å². The number of rotatable bonds is 1. The minimum absolute atomic E-state index is 0.0949. The second-order valence-electron chi connectivity index (χ2n) is 4.16. The van der Waals surface area contributed by atoms with Crippen LogP contribution in [0.1, 0.15) is 0 Å². The largest absolute Gasteiger partial charge is 0.469 e. The zero-order chi connectivity index (χ0) is 6.67. The molecule has 0 aromatic rings. The van der Waals surface area contributed by atoms with E-state index in [0.29, 0.717) is 0 Å². The summed E-state index contributed by atoms with van der Waals surface area (Å²) in [5, 5.41) is 0. The first kappa shape index (κ1) is 4.37. The molecule has 5 aliphatic rings. The van der Waals surface area contributed by atoms with Gasteiger partial charge in [-0.3, -0.25) is 4.79 Å². The van der Waals surface area contributed by atoms with Crippen LogP contribution < -0.4 is 0 Å². The van der Waals surface area contributed by atoms with Gasteiger partial charge in [-0.15, -0.1) is 0 Å². The summed E-state index contributed by atoms with van der Waals surface area (Å²) in [6.45, 7) is 0. The molecule has 5 fully saturated rings. The van der Waals surface area contributed by atoms with Crippen LogP contribution in [0.25, 0.3) is 0 Å². The highest BCUT2D eigenvalue weighted by atomic mass is 16.5. The standard InChI is InChI=1S/C8H8O2/c1-10-7(9)8-4-2-3(4)6(8)5(2)8/h2-6H,1H3. The fourth-order valence-corrected chi connectivity index (χ4v) is 4.15. The van der Waals surface area contributed by atoms with Crippen LogP contribution in [0.15, 0.2) is 0 Å². The van der Waals surface area contributed by atoms with Gasteiger partial charge in [-0.05, 0) is 29.6 Å². The predicted molar refractivity (Wildman–Crippen MR) is 31.9 cm³/mol. The van der Waals surface area contributed by atoms with Crippen molar-refractivity contribution in [3.63, 3.8) is 0 Å². The molecule has 2 nitrogen and oxygen atoms in total. The maximum atomic E-state index is 11.2. The molecule has 0 radical (unpaired) electrons. The molecular weight excluding hydrogens is 128 g/mol. The van der Waals surface area contributed by atoms with Gasteiger partial charge in [0, 0.05) is 0 Å². The lowest BCUT2D eigenvalue weighted by atomic mass is 9.82. The Morgan fingerprint density at radius 3 is 2.30 bits per heavy atom. The average molecular weight is 136 g/mol. The van der Waals surface area contributed by atoms with Crippen molar-refractivity contribution in [1.29, 1.82) is 0 Å². The van der Waals surface area contributed by atoms with Crippen LogP contribution in [0.3, 0.4) is 0 Å². The zero-order valence-corrected chi connectivity index (χ0v) is 5.70. The lowest BCUT2D eigenvalue weighted by Gasteiger charge is -2.23. The van der Waals surface area contributed by atoms with Crippen molar-refractivity contribution < 1.29 is 9.53 Å². The fraction of sp³-hybridized carbons (Fsp3) is 0.875. The van der Waals surface area contributed by atoms with Crippen LogP contribution in [0.4, 0.5) is 0 Å². The zero-order valence-electron chi connectivity index (χ0n) is 5.70. The molecule has 52 valence electrons. The van der Waals surface area contributed by atoms with Gasteiger partial charge < -0.3 is 4.74 Å². The van der Waals surface area contributed by atoms with Gasteiger partial charge in [-0.25, -0.2) is 0 Å². The second kappa shape index (κ2) is 0.789. The smallest absolute Gasteiger partial charge is 0.312 e. The Balaban J connectivity index is 1.79. The van der Waals surface area contributed by atoms with E-state index in [1.165, 1.54) is 7.11 Å². The minimum atomic E-state index is 0.0949. The van der Waals surface area contributed by atoms with E-state index in [0.717, 1.165) is 29.6 Å². The highest BCUT2D eigenvalue weighted by Gasteiger charge is 3.08. The van der Waals surface area contributed by atoms with Crippen LogP contribution in [-0.2, 0) is 9.53 Å². The summed E-state index contributed by atoms with van der Waals surface area (Å²) in [5.41, 5.74) is 0.129. The molecule has 0 amide bonds. The van der Waals surface area contributed by atoms with Crippen LogP contribution in [0, 0.1) is 35.0 Å². The molecule has 10 heavy (non-hydrogen) atoms. The van der Waals surface area contributed by atoms with E-state index in [4.69, 9.17) is 4.74 Å². The summed E-state index contributed by atoms with van der Waals surface area (Å²) in [7, 11) is 1.51. The van der Waals surface area contributed by atoms with Crippen LogP contribution in [-0.4, -0.2) is 13.1 Å². The van der Waals surface area contributed by atoms with Gasteiger partial charge >= 0.3 is 5.97 Å². The summed E-state index contributed by atoms with van der Waals surface area (Å²) in [6.07, 6.45) is 0.